The van der Waals surface area contributed by atoms with Crippen LogP contribution in [-0.4, -0.2) is 23.6 Å². The van der Waals surface area contributed by atoms with Gasteiger partial charge in [-0.1, -0.05) is 0 Å². The largest absolute Gasteiger partial charge is 0.457 e. The van der Waals surface area contributed by atoms with Crippen LogP contribution in [0.5, 0.6) is 23.0 Å². The molecule has 42 heavy (non-hydrogen) atoms. The minimum absolute atomic E-state index is 0.0268. The van der Waals surface area contributed by atoms with Crippen molar-refractivity contribution in [1.29, 1.82) is 0 Å². The van der Waals surface area contributed by atoms with Crippen LogP contribution < -0.4 is 19.3 Å². The topological polar surface area (TPSA) is 93.2 Å². The molecule has 0 unspecified atom stereocenters. The molecule has 5 rings (SSSR count). The van der Waals surface area contributed by atoms with Crippen molar-refractivity contribution >= 4 is 35.0 Å². The fraction of sp³-hybridized carbons (Fsp3) is 0.0714. The third-order valence-corrected chi connectivity index (χ3v) is 5.94. The number of imide groups is 2. The van der Waals surface area contributed by atoms with Crippen LogP contribution in [0.15, 0.2) is 85.0 Å². The quantitative estimate of drug-likeness (QED) is 0.253. The SMILES string of the molecule is O=C1C=CC(=O)N1c1ccc(Oc2cc(C(F)(F)F)c(Oc3ccc(N4C(=O)C=CC4=O)cc3)c(C(F)(F)F)c2)cc1. The van der Waals surface area contributed by atoms with E-state index in [0.29, 0.717) is 12.1 Å². The molecule has 3 aromatic rings. The van der Waals surface area contributed by atoms with E-state index in [0.717, 1.165) is 70.5 Å². The highest BCUT2D eigenvalue weighted by Gasteiger charge is 2.43. The zero-order valence-corrected chi connectivity index (χ0v) is 20.7. The standard InChI is InChI=1S/C28H14F6N2O6/c29-27(30,31)20-13-19(41-17-5-1-15(2-6-17)35-22(37)9-10-23(35)38)14-21(28(32,33)34)26(20)42-18-7-3-16(4-8-18)36-24(39)11-12-25(36)40/h1-14H. The highest BCUT2D eigenvalue weighted by Crippen LogP contribution is 2.48. The molecule has 0 spiro atoms. The van der Waals surface area contributed by atoms with Crippen LogP contribution >= 0.6 is 0 Å². The molecule has 0 atom stereocenters. The highest BCUT2D eigenvalue weighted by molar-refractivity contribution is 6.28. The van der Waals surface area contributed by atoms with E-state index in [2.05, 4.69) is 0 Å². The van der Waals surface area contributed by atoms with Crippen molar-refractivity contribution < 1.29 is 55.0 Å². The van der Waals surface area contributed by atoms with Gasteiger partial charge in [-0.25, -0.2) is 9.80 Å². The first kappa shape index (κ1) is 28.1. The molecule has 8 nitrogen and oxygen atoms in total. The Bertz CT molecular complexity index is 1600. The number of ether oxygens (including phenoxy) is 2. The predicted molar refractivity (Wildman–Crippen MR) is 133 cm³/mol. The molecule has 14 heteroatoms. The van der Waals surface area contributed by atoms with Gasteiger partial charge in [0.25, 0.3) is 23.6 Å². The van der Waals surface area contributed by atoms with E-state index in [1.165, 1.54) is 12.1 Å². The molecule has 2 heterocycles. The van der Waals surface area contributed by atoms with Gasteiger partial charge in [0.2, 0.25) is 0 Å². The van der Waals surface area contributed by atoms with Gasteiger partial charge in [0, 0.05) is 24.3 Å². The number of anilines is 2. The maximum absolute atomic E-state index is 14.0. The zero-order valence-electron chi connectivity index (χ0n) is 20.7. The van der Waals surface area contributed by atoms with Crippen molar-refractivity contribution in [3.05, 3.63) is 96.1 Å². The summed E-state index contributed by atoms with van der Waals surface area (Å²) >= 11 is 0. The van der Waals surface area contributed by atoms with E-state index in [1.807, 2.05) is 0 Å². The summed E-state index contributed by atoms with van der Waals surface area (Å²) in [6, 6.07) is 9.70. The molecule has 4 amide bonds. The van der Waals surface area contributed by atoms with Gasteiger partial charge in [-0.05, 0) is 60.7 Å². The molecule has 214 valence electrons. The van der Waals surface area contributed by atoms with E-state index in [-0.39, 0.29) is 17.1 Å². The second-order valence-corrected chi connectivity index (χ2v) is 8.73. The number of carbonyl (C=O) groups excluding carboxylic acids is 4. The minimum Gasteiger partial charge on any atom is -0.457 e. The molecule has 3 aromatic carbocycles. The molecule has 0 aliphatic carbocycles. The van der Waals surface area contributed by atoms with Gasteiger partial charge in [0.05, 0.1) is 11.4 Å². The van der Waals surface area contributed by atoms with Gasteiger partial charge in [-0.2, -0.15) is 26.3 Å². The molecule has 0 bridgehead atoms. The lowest BCUT2D eigenvalue weighted by atomic mass is 10.1. The number of hydrogen-bond acceptors (Lipinski definition) is 6. The first-order valence-corrected chi connectivity index (χ1v) is 11.7. The summed E-state index contributed by atoms with van der Waals surface area (Å²) in [4.78, 5) is 48.9. The summed E-state index contributed by atoms with van der Waals surface area (Å²) in [6.07, 6.45) is -6.56. The van der Waals surface area contributed by atoms with Crippen molar-refractivity contribution in [2.75, 3.05) is 9.80 Å². The summed E-state index contributed by atoms with van der Waals surface area (Å²) in [5, 5.41) is 0. The Balaban J connectivity index is 1.47. The van der Waals surface area contributed by atoms with E-state index in [4.69, 9.17) is 9.47 Å². The van der Waals surface area contributed by atoms with E-state index >= 15 is 0 Å². The fourth-order valence-corrected chi connectivity index (χ4v) is 4.08. The summed E-state index contributed by atoms with van der Waals surface area (Å²) in [5.74, 6) is -5.58. The van der Waals surface area contributed by atoms with Crippen LogP contribution in [0, 0.1) is 0 Å². The van der Waals surface area contributed by atoms with Crippen LogP contribution in [0.3, 0.4) is 0 Å². The molecule has 0 radical (unpaired) electrons. The number of alkyl halides is 6. The van der Waals surface area contributed by atoms with Gasteiger partial charge < -0.3 is 9.47 Å². The number of hydrogen-bond donors (Lipinski definition) is 0. The van der Waals surface area contributed by atoms with E-state index in [1.54, 1.807) is 0 Å². The smallest absolute Gasteiger partial charge is 0.420 e. The molecule has 0 aromatic heterocycles. The first-order valence-electron chi connectivity index (χ1n) is 11.7. The van der Waals surface area contributed by atoms with Gasteiger partial charge in [-0.3, -0.25) is 19.2 Å². The van der Waals surface area contributed by atoms with Crippen LogP contribution in [0.1, 0.15) is 11.1 Å². The summed E-state index contributed by atoms with van der Waals surface area (Å²) in [6.45, 7) is 0. The molecule has 2 aliphatic rings. The van der Waals surface area contributed by atoms with Crippen LogP contribution in [0.4, 0.5) is 37.7 Å². The number of amides is 4. The predicted octanol–water partition coefficient (Wildman–Crippen LogP) is 6.17. The molecule has 0 saturated carbocycles. The molecule has 0 saturated heterocycles. The van der Waals surface area contributed by atoms with Gasteiger partial charge >= 0.3 is 12.4 Å². The van der Waals surface area contributed by atoms with E-state index in [9.17, 15) is 45.5 Å². The van der Waals surface area contributed by atoms with Gasteiger partial charge in [0.1, 0.15) is 28.4 Å². The Morgan fingerprint density at radius 3 is 1.14 bits per heavy atom. The minimum atomic E-state index is -5.32. The Hall–Kier alpha value is -5.40. The monoisotopic (exact) mass is 588 g/mol. The third kappa shape index (κ3) is 5.46. The number of nitrogens with zero attached hydrogens (tertiary/aromatic N) is 2. The van der Waals surface area contributed by atoms with Gasteiger partial charge in [-0.15, -0.1) is 0 Å². The normalized spacial score (nSPS) is 15.3. The maximum atomic E-state index is 14.0. The average Bonchev–Trinajstić information content (AvgIpc) is 3.43. The number of carbonyl (C=O) groups is 4. The summed E-state index contributed by atoms with van der Waals surface area (Å²) in [7, 11) is 0. The highest BCUT2D eigenvalue weighted by atomic mass is 19.4. The van der Waals surface area contributed by atoms with Crippen LogP contribution in [0.2, 0.25) is 0 Å². The Kier molecular flexibility index (Phi) is 6.84. The van der Waals surface area contributed by atoms with Gasteiger partial charge in [0.15, 0.2) is 5.75 Å². The summed E-state index contributed by atoms with van der Waals surface area (Å²) < 4.78 is 94.5. The van der Waals surface area contributed by atoms with E-state index < -0.39 is 64.4 Å². The van der Waals surface area contributed by atoms with Crippen molar-refractivity contribution in [2.24, 2.45) is 0 Å². The Labute approximate surface area is 231 Å². The lowest BCUT2D eigenvalue weighted by molar-refractivity contribution is -0.145. The molecule has 0 fully saturated rings. The maximum Gasteiger partial charge on any atom is 0.420 e. The number of rotatable bonds is 6. The van der Waals surface area contributed by atoms with Crippen molar-refractivity contribution in [3.8, 4) is 23.0 Å². The van der Waals surface area contributed by atoms with Crippen molar-refractivity contribution in [1.82, 2.24) is 0 Å². The van der Waals surface area contributed by atoms with Crippen molar-refractivity contribution in [2.45, 2.75) is 12.4 Å². The Morgan fingerprint density at radius 2 is 0.810 bits per heavy atom. The second kappa shape index (κ2) is 10.2. The van der Waals surface area contributed by atoms with Crippen LogP contribution in [0.25, 0.3) is 0 Å². The first-order chi connectivity index (χ1) is 19.7. The second-order valence-electron chi connectivity index (χ2n) is 8.73. The third-order valence-electron chi connectivity index (χ3n) is 5.94. The number of halogens is 6. The Morgan fingerprint density at radius 1 is 0.476 bits per heavy atom. The zero-order chi connectivity index (χ0) is 30.4. The lowest BCUT2D eigenvalue weighted by Crippen LogP contribution is -2.29. The average molecular weight is 588 g/mol. The lowest BCUT2D eigenvalue weighted by Gasteiger charge is -2.21. The molecule has 2 aliphatic heterocycles. The molecular formula is C28H14F6N2O6. The molecule has 0 N–H and O–H groups in total. The summed E-state index contributed by atoms with van der Waals surface area (Å²) in [5.41, 5.74) is -3.44. The molecular weight excluding hydrogens is 574 g/mol. The fourth-order valence-electron chi connectivity index (χ4n) is 4.08. The van der Waals surface area contributed by atoms with Crippen molar-refractivity contribution in [3.63, 3.8) is 0 Å². The van der Waals surface area contributed by atoms with Crippen LogP contribution in [-0.2, 0) is 31.5 Å². The number of benzene rings is 3.